The van der Waals surface area contributed by atoms with E-state index in [0.29, 0.717) is 23.4 Å². The molecule has 186 valence electrons. The number of para-hydroxylation sites is 1. The van der Waals surface area contributed by atoms with Crippen LogP contribution in [0.5, 0.6) is 5.75 Å². The van der Waals surface area contributed by atoms with Gasteiger partial charge in [0.2, 0.25) is 0 Å². The first-order valence-electron chi connectivity index (χ1n) is 11.7. The first-order valence-corrected chi connectivity index (χ1v) is 11.7. The Labute approximate surface area is 205 Å². The number of aromatic nitrogens is 3. The molecule has 0 bridgehead atoms. The van der Waals surface area contributed by atoms with Gasteiger partial charge in [-0.2, -0.15) is 5.10 Å². The van der Waals surface area contributed by atoms with Crippen LogP contribution in [-0.4, -0.2) is 50.4 Å². The van der Waals surface area contributed by atoms with Crippen LogP contribution in [0.4, 0.5) is 4.79 Å². The van der Waals surface area contributed by atoms with Crippen molar-refractivity contribution in [3.05, 3.63) is 53.0 Å². The number of rotatable bonds is 3. The number of nitrogens with one attached hydrogen (secondary N) is 1. The van der Waals surface area contributed by atoms with E-state index in [1.165, 1.54) is 6.20 Å². The standard InChI is InChI=1S/C26H33N5O4/c1-16-9-8-10-18-20(16)30(7)29-22(18)26(5,6)28-23(32)19-14-27-13-17-15-31(11-12-34-21(17)19)24(33)35-25(2,3)4/h8-10,13-14H,11-12,15H2,1-7H3,(H,28,32). The minimum Gasteiger partial charge on any atom is -0.490 e. The van der Waals surface area contributed by atoms with E-state index < -0.39 is 17.2 Å². The van der Waals surface area contributed by atoms with Crippen molar-refractivity contribution in [1.29, 1.82) is 0 Å². The number of hydrogen-bond donors (Lipinski definition) is 1. The van der Waals surface area contributed by atoms with Crippen molar-refractivity contribution < 1.29 is 19.1 Å². The molecule has 0 spiro atoms. The molecule has 0 fully saturated rings. The number of carbonyl (C=O) groups is 2. The molecule has 0 radical (unpaired) electrons. The number of fused-ring (bicyclic) bond motifs is 2. The summed E-state index contributed by atoms with van der Waals surface area (Å²) < 4.78 is 13.3. The molecule has 3 heterocycles. The number of hydrogen-bond acceptors (Lipinski definition) is 6. The zero-order valence-electron chi connectivity index (χ0n) is 21.4. The smallest absolute Gasteiger partial charge is 0.410 e. The summed E-state index contributed by atoms with van der Waals surface area (Å²) in [6, 6.07) is 6.05. The van der Waals surface area contributed by atoms with Gasteiger partial charge in [-0.05, 0) is 47.1 Å². The summed E-state index contributed by atoms with van der Waals surface area (Å²) in [7, 11) is 1.90. The fraction of sp³-hybridized carbons (Fsp3) is 0.462. The second-order valence-electron chi connectivity index (χ2n) is 10.4. The van der Waals surface area contributed by atoms with Gasteiger partial charge in [-0.25, -0.2) is 4.79 Å². The molecule has 3 aromatic rings. The molecule has 1 aromatic carbocycles. The predicted molar refractivity (Wildman–Crippen MR) is 132 cm³/mol. The number of carbonyl (C=O) groups excluding carboxylic acids is 2. The van der Waals surface area contributed by atoms with Crippen LogP contribution in [0.2, 0.25) is 0 Å². The number of pyridine rings is 1. The maximum Gasteiger partial charge on any atom is 0.410 e. The van der Waals surface area contributed by atoms with E-state index in [-0.39, 0.29) is 19.1 Å². The van der Waals surface area contributed by atoms with Gasteiger partial charge in [-0.15, -0.1) is 0 Å². The highest BCUT2D eigenvalue weighted by atomic mass is 16.6. The quantitative estimate of drug-likeness (QED) is 0.608. The Hall–Kier alpha value is -3.62. The normalized spacial score (nSPS) is 14.2. The number of benzene rings is 1. The third-order valence-electron chi connectivity index (χ3n) is 5.92. The van der Waals surface area contributed by atoms with Gasteiger partial charge in [-0.3, -0.25) is 14.5 Å². The molecule has 0 saturated carbocycles. The highest BCUT2D eigenvalue weighted by molar-refractivity contribution is 5.98. The van der Waals surface area contributed by atoms with Gasteiger partial charge in [0.05, 0.1) is 35.4 Å². The van der Waals surface area contributed by atoms with Crippen LogP contribution in [0.25, 0.3) is 10.9 Å². The highest BCUT2D eigenvalue weighted by Crippen LogP contribution is 2.31. The third kappa shape index (κ3) is 4.94. The molecule has 0 atom stereocenters. The number of nitrogens with zero attached hydrogens (tertiary/aromatic N) is 4. The molecule has 9 heteroatoms. The Bertz CT molecular complexity index is 1290. The van der Waals surface area contributed by atoms with E-state index in [2.05, 4.69) is 10.3 Å². The minimum atomic E-state index is -0.764. The highest BCUT2D eigenvalue weighted by Gasteiger charge is 2.32. The zero-order chi connectivity index (χ0) is 25.5. The molecule has 1 aliphatic heterocycles. The van der Waals surface area contributed by atoms with E-state index in [0.717, 1.165) is 22.2 Å². The monoisotopic (exact) mass is 479 g/mol. The average molecular weight is 480 g/mol. The van der Waals surface area contributed by atoms with Crippen LogP contribution >= 0.6 is 0 Å². The molecule has 0 saturated heterocycles. The maximum atomic E-state index is 13.5. The van der Waals surface area contributed by atoms with Gasteiger partial charge in [-0.1, -0.05) is 18.2 Å². The molecule has 35 heavy (non-hydrogen) atoms. The van der Waals surface area contributed by atoms with Gasteiger partial charge in [0.25, 0.3) is 5.91 Å². The van der Waals surface area contributed by atoms with Crippen LogP contribution in [0.3, 0.4) is 0 Å². The molecular weight excluding hydrogens is 446 g/mol. The molecule has 0 aliphatic carbocycles. The molecule has 2 aromatic heterocycles. The molecule has 1 aliphatic rings. The van der Waals surface area contributed by atoms with Crippen LogP contribution in [0.1, 0.15) is 61.8 Å². The zero-order valence-corrected chi connectivity index (χ0v) is 21.4. The molecular formula is C26H33N5O4. The lowest BCUT2D eigenvalue weighted by Crippen LogP contribution is -2.41. The Balaban J connectivity index is 1.61. The SMILES string of the molecule is Cc1cccc2c(C(C)(C)NC(=O)c3cncc4c3OCCN(C(=O)OC(C)(C)C)C4)nn(C)c12. The van der Waals surface area contributed by atoms with Crippen LogP contribution < -0.4 is 10.1 Å². The Morgan fingerprint density at radius 1 is 1.14 bits per heavy atom. The Morgan fingerprint density at radius 3 is 2.60 bits per heavy atom. The van der Waals surface area contributed by atoms with Crippen molar-refractivity contribution in [2.24, 2.45) is 7.05 Å². The lowest BCUT2D eigenvalue weighted by atomic mass is 9.95. The summed E-state index contributed by atoms with van der Waals surface area (Å²) >= 11 is 0. The van der Waals surface area contributed by atoms with E-state index >= 15 is 0 Å². The van der Waals surface area contributed by atoms with E-state index in [1.807, 2.05) is 71.5 Å². The van der Waals surface area contributed by atoms with Crippen LogP contribution in [0, 0.1) is 6.92 Å². The van der Waals surface area contributed by atoms with Gasteiger partial charge < -0.3 is 19.7 Å². The van der Waals surface area contributed by atoms with E-state index in [1.54, 1.807) is 11.1 Å². The summed E-state index contributed by atoms with van der Waals surface area (Å²) in [6.07, 6.45) is 2.69. The second-order valence-corrected chi connectivity index (χ2v) is 10.4. The topological polar surface area (TPSA) is 98.6 Å². The first-order chi connectivity index (χ1) is 16.4. The maximum absolute atomic E-state index is 13.5. The molecule has 0 unspecified atom stereocenters. The van der Waals surface area contributed by atoms with Gasteiger partial charge >= 0.3 is 6.09 Å². The van der Waals surface area contributed by atoms with Gasteiger partial charge in [0.1, 0.15) is 18.0 Å². The van der Waals surface area contributed by atoms with Crippen LogP contribution in [-0.2, 0) is 23.9 Å². The molecule has 4 rings (SSSR count). The van der Waals surface area contributed by atoms with Crippen molar-refractivity contribution in [2.75, 3.05) is 13.2 Å². The fourth-order valence-corrected chi connectivity index (χ4v) is 4.37. The van der Waals surface area contributed by atoms with Crippen LogP contribution in [0.15, 0.2) is 30.6 Å². The average Bonchev–Trinajstić information content (AvgIpc) is 2.96. The number of amides is 2. The van der Waals surface area contributed by atoms with Crippen molar-refractivity contribution in [1.82, 2.24) is 25.0 Å². The summed E-state index contributed by atoms with van der Waals surface area (Å²) in [4.78, 5) is 31.9. The predicted octanol–water partition coefficient (Wildman–Crippen LogP) is 4.07. The molecule has 1 N–H and O–H groups in total. The summed E-state index contributed by atoms with van der Waals surface area (Å²) in [6.45, 7) is 12.2. The van der Waals surface area contributed by atoms with Crippen molar-refractivity contribution in [3.8, 4) is 5.75 Å². The summed E-state index contributed by atoms with van der Waals surface area (Å²) in [5.74, 6) is 0.109. The van der Waals surface area contributed by atoms with Crippen molar-refractivity contribution in [3.63, 3.8) is 0 Å². The van der Waals surface area contributed by atoms with Crippen molar-refractivity contribution >= 4 is 22.9 Å². The number of ether oxygens (including phenoxy) is 2. The lowest BCUT2D eigenvalue weighted by Gasteiger charge is -2.26. The van der Waals surface area contributed by atoms with Gasteiger partial charge in [0, 0.05) is 30.4 Å². The molecule has 2 amide bonds. The number of aryl methyl sites for hydroxylation is 2. The Morgan fingerprint density at radius 2 is 1.89 bits per heavy atom. The second kappa shape index (κ2) is 8.87. The lowest BCUT2D eigenvalue weighted by molar-refractivity contribution is 0.0225. The van der Waals surface area contributed by atoms with Gasteiger partial charge in [0.15, 0.2) is 0 Å². The first kappa shape index (κ1) is 24.5. The summed E-state index contributed by atoms with van der Waals surface area (Å²) in [5.41, 5.74) is 2.53. The molecule has 9 nitrogen and oxygen atoms in total. The fourth-order valence-electron chi connectivity index (χ4n) is 4.37. The summed E-state index contributed by atoms with van der Waals surface area (Å²) in [5, 5.41) is 8.83. The Kier molecular flexibility index (Phi) is 6.21. The van der Waals surface area contributed by atoms with Crippen molar-refractivity contribution in [2.45, 2.75) is 59.2 Å². The van der Waals surface area contributed by atoms with E-state index in [4.69, 9.17) is 14.6 Å². The third-order valence-corrected chi connectivity index (χ3v) is 5.92. The minimum absolute atomic E-state index is 0.240. The van der Waals surface area contributed by atoms with E-state index in [9.17, 15) is 9.59 Å². The largest absolute Gasteiger partial charge is 0.490 e.